The summed E-state index contributed by atoms with van der Waals surface area (Å²) in [5.41, 5.74) is 8.48. The minimum absolute atomic E-state index is 0.179. The van der Waals surface area contributed by atoms with Gasteiger partial charge in [0.1, 0.15) is 16.5 Å². The molecule has 0 unspecified atom stereocenters. The van der Waals surface area contributed by atoms with Crippen LogP contribution in [0.4, 0.5) is 4.39 Å². The maximum atomic E-state index is 13.5. The molecular weight excluding hydrogens is 401 g/mol. The zero-order chi connectivity index (χ0) is 21.3. The molecule has 0 aliphatic carbocycles. The van der Waals surface area contributed by atoms with Gasteiger partial charge in [-0.1, -0.05) is 35.9 Å². The number of primary amides is 1. The second-order valence-corrected chi connectivity index (χ2v) is 8.03. The molecule has 2 aromatic carbocycles. The summed E-state index contributed by atoms with van der Waals surface area (Å²) >= 11 is 1.39. The van der Waals surface area contributed by atoms with E-state index in [1.807, 2.05) is 36.6 Å². The second-order valence-electron chi connectivity index (χ2n) is 7.17. The lowest BCUT2D eigenvalue weighted by molar-refractivity contribution is -0.118. The minimum atomic E-state index is -0.406. The first-order chi connectivity index (χ1) is 14.4. The van der Waals surface area contributed by atoms with Gasteiger partial charge in [0.2, 0.25) is 5.91 Å². The molecule has 0 aliphatic heterocycles. The van der Waals surface area contributed by atoms with Crippen molar-refractivity contribution >= 4 is 27.5 Å². The number of carbonyl (C=O) groups excluding carboxylic acids is 1. The lowest BCUT2D eigenvalue weighted by Gasteiger charge is -2.13. The molecule has 0 saturated heterocycles. The van der Waals surface area contributed by atoms with Gasteiger partial charge in [-0.05, 0) is 37.1 Å². The van der Waals surface area contributed by atoms with Crippen molar-refractivity contribution in [2.75, 3.05) is 0 Å². The van der Waals surface area contributed by atoms with E-state index in [0.717, 1.165) is 22.3 Å². The first kappa shape index (κ1) is 20.0. The molecule has 2 heterocycles. The zero-order valence-corrected chi connectivity index (χ0v) is 17.2. The van der Waals surface area contributed by atoms with Crippen molar-refractivity contribution in [1.29, 1.82) is 0 Å². The summed E-state index contributed by atoms with van der Waals surface area (Å²) in [6.07, 6.45) is 0.628. The summed E-state index contributed by atoms with van der Waals surface area (Å²) in [7, 11) is 0. The standard InChI is InChI=1S/C23H20FN3O2S/c1-14-4-2-5-16(12-14)21-26-22-20(23(29)27(21)11-3-6-19(25)28)18(13-30-22)15-7-9-17(24)10-8-15/h2,4-5,7-10,12-13H,3,6,11H2,1H3,(H2,25,28). The molecule has 5 nitrogen and oxygen atoms in total. The Hall–Kier alpha value is -3.32. The zero-order valence-electron chi connectivity index (χ0n) is 16.4. The van der Waals surface area contributed by atoms with Crippen LogP contribution in [0, 0.1) is 12.7 Å². The van der Waals surface area contributed by atoms with Crippen LogP contribution >= 0.6 is 11.3 Å². The highest BCUT2D eigenvalue weighted by Crippen LogP contribution is 2.32. The van der Waals surface area contributed by atoms with Gasteiger partial charge in [0, 0.05) is 29.5 Å². The Kier molecular flexibility index (Phi) is 5.46. The highest BCUT2D eigenvalue weighted by atomic mass is 32.1. The molecule has 4 aromatic rings. The van der Waals surface area contributed by atoms with E-state index in [9.17, 15) is 14.0 Å². The van der Waals surface area contributed by atoms with E-state index in [1.54, 1.807) is 16.7 Å². The summed E-state index contributed by atoms with van der Waals surface area (Å²) in [5.74, 6) is -0.174. The van der Waals surface area contributed by atoms with Gasteiger partial charge in [0.05, 0.1) is 5.39 Å². The molecule has 4 rings (SSSR count). The molecule has 0 aliphatic rings. The minimum Gasteiger partial charge on any atom is -0.370 e. The Balaban J connectivity index is 1.92. The van der Waals surface area contributed by atoms with Crippen LogP contribution in [-0.4, -0.2) is 15.5 Å². The Morgan fingerprint density at radius 1 is 1.17 bits per heavy atom. The Morgan fingerprint density at radius 2 is 1.93 bits per heavy atom. The number of rotatable bonds is 6. The van der Waals surface area contributed by atoms with E-state index < -0.39 is 5.91 Å². The van der Waals surface area contributed by atoms with Crippen molar-refractivity contribution in [2.24, 2.45) is 5.73 Å². The highest BCUT2D eigenvalue weighted by Gasteiger charge is 2.18. The van der Waals surface area contributed by atoms with E-state index in [2.05, 4.69) is 0 Å². The molecule has 7 heteroatoms. The predicted octanol–water partition coefficient (Wildman–Crippen LogP) is 4.51. The molecule has 2 aromatic heterocycles. The average Bonchev–Trinajstić information content (AvgIpc) is 3.14. The number of amides is 1. The third kappa shape index (κ3) is 3.89. The van der Waals surface area contributed by atoms with E-state index in [4.69, 9.17) is 10.7 Å². The number of fused-ring (bicyclic) bond motifs is 1. The molecule has 30 heavy (non-hydrogen) atoms. The maximum absolute atomic E-state index is 13.5. The van der Waals surface area contributed by atoms with Crippen LogP contribution in [0.3, 0.4) is 0 Å². The molecule has 2 N–H and O–H groups in total. The van der Waals surface area contributed by atoms with Gasteiger partial charge < -0.3 is 5.73 Å². The quantitative estimate of drug-likeness (QED) is 0.498. The van der Waals surface area contributed by atoms with Gasteiger partial charge in [-0.3, -0.25) is 14.2 Å². The average molecular weight is 421 g/mol. The van der Waals surface area contributed by atoms with Crippen LogP contribution in [-0.2, 0) is 11.3 Å². The Labute approximate surface area is 176 Å². The highest BCUT2D eigenvalue weighted by molar-refractivity contribution is 7.17. The van der Waals surface area contributed by atoms with E-state index in [-0.39, 0.29) is 17.8 Å². The van der Waals surface area contributed by atoms with Crippen molar-refractivity contribution in [3.05, 3.63) is 75.6 Å². The molecule has 0 fully saturated rings. The third-order valence-electron chi connectivity index (χ3n) is 4.93. The van der Waals surface area contributed by atoms with Crippen molar-refractivity contribution < 1.29 is 9.18 Å². The molecule has 0 spiro atoms. The lowest BCUT2D eigenvalue weighted by atomic mass is 10.1. The second kappa shape index (κ2) is 8.20. The summed E-state index contributed by atoms with van der Waals surface area (Å²) in [5, 5.41) is 2.38. The molecular formula is C23H20FN3O2S. The summed E-state index contributed by atoms with van der Waals surface area (Å²) in [4.78, 5) is 30.2. The van der Waals surface area contributed by atoms with Gasteiger partial charge in [-0.2, -0.15) is 0 Å². The van der Waals surface area contributed by atoms with Crippen LogP contribution in [0.1, 0.15) is 18.4 Å². The fraction of sp³-hybridized carbons (Fsp3) is 0.174. The number of aromatic nitrogens is 2. The van der Waals surface area contributed by atoms with Crippen molar-refractivity contribution in [2.45, 2.75) is 26.3 Å². The number of hydrogen-bond donors (Lipinski definition) is 1. The number of nitrogens with zero attached hydrogens (tertiary/aromatic N) is 2. The maximum Gasteiger partial charge on any atom is 0.263 e. The fourth-order valence-electron chi connectivity index (χ4n) is 3.49. The van der Waals surface area contributed by atoms with E-state index in [1.165, 1.54) is 23.5 Å². The Bertz CT molecular complexity index is 1290. The number of benzene rings is 2. The predicted molar refractivity (Wildman–Crippen MR) is 118 cm³/mol. The van der Waals surface area contributed by atoms with Gasteiger partial charge in [0.15, 0.2) is 0 Å². The van der Waals surface area contributed by atoms with Gasteiger partial charge in [-0.25, -0.2) is 9.37 Å². The third-order valence-corrected chi connectivity index (χ3v) is 5.80. The van der Waals surface area contributed by atoms with Crippen LogP contribution in [0.25, 0.3) is 32.7 Å². The van der Waals surface area contributed by atoms with Crippen LogP contribution in [0.5, 0.6) is 0 Å². The molecule has 0 saturated carbocycles. The van der Waals surface area contributed by atoms with Crippen molar-refractivity contribution in [3.8, 4) is 22.5 Å². The molecule has 0 atom stereocenters. The van der Waals surface area contributed by atoms with Gasteiger partial charge in [-0.15, -0.1) is 11.3 Å². The van der Waals surface area contributed by atoms with Gasteiger partial charge in [0.25, 0.3) is 5.56 Å². The molecule has 0 radical (unpaired) electrons. The van der Waals surface area contributed by atoms with Crippen molar-refractivity contribution in [1.82, 2.24) is 9.55 Å². The van der Waals surface area contributed by atoms with Crippen molar-refractivity contribution in [3.63, 3.8) is 0 Å². The Morgan fingerprint density at radius 3 is 2.63 bits per heavy atom. The smallest absolute Gasteiger partial charge is 0.263 e. The van der Waals surface area contributed by atoms with Crippen LogP contribution in [0.2, 0.25) is 0 Å². The number of aryl methyl sites for hydroxylation is 1. The fourth-order valence-corrected chi connectivity index (χ4v) is 4.43. The largest absolute Gasteiger partial charge is 0.370 e. The molecule has 1 amide bonds. The molecule has 152 valence electrons. The summed E-state index contributed by atoms with van der Waals surface area (Å²) in [6.45, 7) is 2.31. The number of carbonyl (C=O) groups is 1. The summed E-state index contributed by atoms with van der Waals surface area (Å²) in [6, 6.07) is 13.9. The first-order valence-corrected chi connectivity index (χ1v) is 10.5. The van der Waals surface area contributed by atoms with Gasteiger partial charge >= 0.3 is 0 Å². The summed E-state index contributed by atoms with van der Waals surface area (Å²) < 4.78 is 15.0. The van der Waals surface area contributed by atoms with E-state index in [0.29, 0.717) is 29.0 Å². The number of nitrogens with two attached hydrogens (primary N) is 1. The number of hydrogen-bond acceptors (Lipinski definition) is 4. The molecule has 0 bridgehead atoms. The lowest BCUT2D eigenvalue weighted by Crippen LogP contribution is -2.24. The normalized spacial score (nSPS) is 11.1. The number of thiophene rings is 1. The SMILES string of the molecule is Cc1cccc(-c2nc3scc(-c4ccc(F)cc4)c3c(=O)n2CCCC(N)=O)c1. The van der Waals surface area contributed by atoms with Crippen LogP contribution in [0.15, 0.2) is 58.7 Å². The van der Waals surface area contributed by atoms with E-state index >= 15 is 0 Å². The number of halogens is 1. The monoisotopic (exact) mass is 421 g/mol. The van der Waals surface area contributed by atoms with Crippen LogP contribution < -0.4 is 11.3 Å². The first-order valence-electron chi connectivity index (χ1n) is 9.57. The topological polar surface area (TPSA) is 78.0 Å².